The monoisotopic (exact) mass is 149 g/mol. The average Bonchev–Trinajstić information content (AvgIpc) is 1.99. The molecule has 0 aromatic rings. The average molecular weight is 149 g/mol. The van der Waals surface area contributed by atoms with Crippen molar-refractivity contribution in [1.29, 1.82) is 0 Å². The first-order chi connectivity index (χ1) is 4.76. The lowest BCUT2D eigenvalue weighted by atomic mass is 10.4. The molecule has 0 aliphatic heterocycles. The van der Waals surface area contributed by atoms with Crippen molar-refractivity contribution in [2.45, 2.75) is 6.10 Å². The van der Waals surface area contributed by atoms with E-state index < -0.39 is 12.1 Å². The van der Waals surface area contributed by atoms with Crippen molar-refractivity contribution in [2.24, 2.45) is 5.90 Å². The van der Waals surface area contributed by atoms with Gasteiger partial charge in [-0.1, -0.05) is 0 Å². The highest BCUT2D eigenvalue weighted by atomic mass is 16.7. The van der Waals surface area contributed by atoms with Crippen molar-refractivity contribution >= 4 is 5.97 Å². The van der Waals surface area contributed by atoms with Crippen LogP contribution < -0.4 is 5.90 Å². The number of methoxy groups -OCH3 is 2. The number of hydrogen-bond donors (Lipinski definition) is 1. The number of rotatable bonds is 4. The lowest BCUT2D eigenvalue weighted by Gasteiger charge is -2.09. The molecule has 60 valence electrons. The van der Waals surface area contributed by atoms with Gasteiger partial charge in [0.15, 0.2) is 6.10 Å². The molecule has 0 spiro atoms. The first-order valence-corrected chi connectivity index (χ1v) is 2.68. The van der Waals surface area contributed by atoms with Crippen molar-refractivity contribution in [2.75, 3.05) is 20.8 Å². The van der Waals surface area contributed by atoms with Crippen LogP contribution in [0.2, 0.25) is 0 Å². The normalized spacial score (nSPS) is 12.7. The third kappa shape index (κ3) is 2.77. The number of hydrogen-bond acceptors (Lipinski definition) is 5. The van der Waals surface area contributed by atoms with Crippen molar-refractivity contribution in [3.05, 3.63) is 0 Å². The molecule has 0 bridgehead atoms. The van der Waals surface area contributed by atoms with E-state index in [1.165, 1.54) is 14.2 Å². The number of carbonyl (C=O) groups excluding carboxylic acids is 1. The first kappa shape index (κ1) is 9.35. The Labute approximate surface area is 59.0 Å². The van der Waals surface area contributed by atoms with Crippen LogP contribution >= 0.6 is 0 Å². The maximum absolute atomic E-state index is 10.6. The molecule has 0 heterocycles. The predicted octanol–water partition coefficient (Wildman–Crippen LogP) is -0.935. The molecular weight excluding hydrogens is 138 g/mol. The summed E-state index contributed by atoms with van der Waals surface area (Å²) in [5.41, 5.74) is 0. The third-order valence-electron chi connectivity index (χ3n) is 0.946. The van der Waals surface area contributed by atoms with E-state index in [4.69, 9.17) is 5.90 Å². The van der Waals surface area contributed by atoms with Gasteiger partial charge in [-0.25, -0.2) is 10.7 Å². The molecular formula is C5H11NO4. The second-order valence-corrected chi connectivity index (χ2v) is 1.60. The van der Waals surface area contributed by atoms with Gasteiger partial charge in [-0.15, -0.1) is 0 Å². The van der Waals surface area contributed by atoms with E-state index in [0.717, 1.165) is 0 Å². The topological polar surface area (TPSA) is 70.8 Å². The van der Waals surface area contributed by atoms with Gasteiger partial charge in [-0.3, -0.25) is 4.84 Å². The molecule has 1 atom stereocenters. The molecule has 0 unspecified atom stereocenters. The molecule has 0 fully saturated rings. The number of nitrogens with two attached hydrogens (primary N) is 1. The summed E-state index contributed by atoms with van der Waals surface area (Å²) >= 11 is 0. The van der Waals surface area contributed by atoms with Crippen LogP contribution in [0.3, 0.4) is 0 Å². The highest BCUT2D eigenvalue weighted by molar-refractivity contribution is 5.74. The largest absolute Gasteiger partial charge is 0.467 e. The van der Waals surface area contributed by atoms with Crippen molar-refractivity contribution in [1.82, 2.24) is 0 Å². The lowest BCUT2D eigenvalue weighted by molar-refractivity contribution is -0.157. The predicted molar refractivity (Wildman–Crippen MR) is 33.0 cm³/mol. The van der Waals surface area contributed by atoms with Gasteiger partial charge < -0.3 is 9.47 Å². The van der Waals surface area contributed by atoms with Gasteiger partial charge >= 0.3 is 5.97 Å². The van der Waals surface area contributed by atoms with Gasteiger partial charge in [0.1, 0.15) is 0 Å². The van der Waals surface area contributed by atoms with E-state index in [1.54, 1.807) is 0 Å². The van der Waals surface area contributed by atoms with Crippen molar-refractivity contribution < 1.29 is 19.1 Å². The molecule has 0 rings (SSSR count). The molecule has 0 aliphatic carbocycles. The van der Waals surface area contributed by atoms with Crippen LogP contribution in [0.25, 0.3) is 0 Å². The van der Waals surface area contributed by atoms with Crippen molar-refractivity contribution in [3.8, 4) is 0 Å². The van der Waals surface area contributed by atoms with Gasteiger partial charge in [0, 0.05) is 7.11 Å². The molecule has 5 heteroatoms. The maximum Gasteiger partial charge on any atom is 0.339 e. The fourth-order valence-corrected chi connectivity index (χ4v) is 0.446. The SMILES string of the molecule is COC[C@@H](ON)C(=O)OC. The Morgan fingerprint density at radius 3 is 2.50 bits per heavy atom. The Balaban J connectivity index is 3.68. The minimum absolute atomic E-state index is 0.100. The fraction of sp³-hybridized carbons (Fsp3) is 0.800. The van der Waals surface area contributed by atoms with Gasteiger partial charge in [0.25, 0.3) is 0 Å². The Morgan fingerprint density at radius 1 is 1.60 bits per heavy atom. The van der Waals surface area contributed by atoms with E-state index in [9.17, 15) is 4.79 Å². The molecule has 10 heavy (non-hydrogen) atoms. The van der Waals surface area contributed by atoms with Crippen LogP contribution in [0.4, 0.5) is 0 Å². The molecule has 0 aliphatic rings. The Bertz CT molecular complexity index is 106. The standard InChI is InChI=1S/C5H11NO4/c1-8-3-4(10-6)5(7)9-2/h4H,3,6H2,1-2H3/t4-/m1/s1. The van der Waals surface area contributed by atoms with Crippen LogP contribution in [-0.2, 0) is 19.1 Å². The summed E-state index contributed by atoms with van der Waals surface area (Å²) in [6.45, 7) is 0.100. The van der Waals surface area contributed by atoms with Crippen LogP contribution in [0.5, 0.6) is 0 Å². The van der Waals surface area contributed by atoms with E-state index >= 15 is 0 Å². The summed E-state index contributed by atoms with van der Waals surface area (Å²) < 4.78 is 8.94. The molecule has 5 nitrogen and oxygen atoms in total. The lowest BCUT2D eigenvalue weighted by Crippen LogP contribution is -2.32. The summed E-state index contributed by atoms with van der Waals surface area (Å²) in [5, 5.41) is 0. The third-order valence-corrected chi connectivity index (χ3v) is 0.946. The first-order valence-electron chi connectivity index (χ1n) is 2.68. The summed E-state index contributed by atoms with van der Waals surface area (Å²) in [6, 6.07) is 0. The van der Waals surface area contributed by atoms with Gasteiger partial charge in [0.2, 0.25) is 0 Å². The van der Waals surface area contributed by atoms with E-state index in [2.05, 4.69) is 14.3 Å². The summed E-state index contributed by atoms with van der Waals surface area (Å²) in [5.74, 6) is 4.22. The van der Waals surface area contributed by atoms with E-state index in [1.807, 2.05) is 0 Å². The van der Waals surface area contributed by atoms with Crippen molar-refractivity contribution in [3.63, 3.8) is 0 Å². The molecule has 2 N–H and O–H groups in total. The maximum atomic E-state index is 10.6. The molecule has 0 aromatic heterocycles. The molecule has 0 aromatic carbocycles. The number of carbonyl (C=O) groups is 1. The van der Waals surface area contributed by atoms with E-state index in [-0.39, 0.29) is 6.61 Å². The van der Waals surface area contributed by atoms with Crippen LogP contribution in [-0.4, -0.2) is 32.9 Å². The zero-order valence-corrected chi connectivity index (χ0v) is 5.99. The highest BCUT2D eigenvalue weighted by Crippen LogP contribution is 1.90. The minimum atomic E-state index is -0.824. The smallest absolute Gasteiger partial charge is 0.339 e. The summed E-state index contributed by atoms with van der Waals surface area (Å²) in [7, 11) is 2.69. The summed E-state index contributed by atoms with van der Waals surface area (Å²) in [4.78, 5) is 14.9. The second-order valence-electron chi connectivity index (χ2n) is 1.60. The fourth-order valence-electron chi connectivity index (χ4n) is 0.446. The van der Waals surface area contributed by atoms with Gasteiger partial charge in [-0.2, -0.15) is 0 Å². The number of esters is 1. The Hall–Kier alpha value is -0.650. The van der Waals surface area contributed by atoms with Crippen LogP contribution in [0.15, 0.2) is 0 Å². The molecule has 0 amide bonds. The molecule has 0 saturated heterocycles. The quantitative estimate of drug-likeness (QED) is 0.413. The van der Waals surface area contributed by atoms with Gasteiger partial charge in [-0.05, 0) is 0 Å². The molecule has 0 saturated carbocycles. The summed E-state index contributed by atoms with van der Waals surface area (Å²) in [6.07, 6.45) is -0.824. The minimum Gasteiger partial charge on any atom is -0.467 e. The Kier molecular flexibility index (Phi) is 4.82. The number of ether oxygens (including phenoxy) is 2. The highest BCUT2D eigenvalue weighted by Gasteiger charge is 2.18. The second kappa shape index (κ2) is 5.16. The van der Waals surface area contributed by atoms with Gasteiger partial charge in [0.05, 0.1) is 13.7 Å². The Morgan fingerprint density at radius 2 is 2.20 bits per heavy atom. The van der Waals surface area contributed by atoms with E-state index in [0.29, 0.717) is 0 Å². The zero-order chi connectivity index (χ0) is 7.98. The van der Waals surface area contributed by atoms with Crippen LogP contribution in [0.1, 0.15) is 0 Å². The molecule has 0 radical (unpaired) electrons. The van der Waals surface area contributed by atoms with Crippen LogP contribution in [0, 0.1) is 0 Å². The zero-order valence-electron chi connectivity index (χ0n) is 5.99.